The number of hydrogen-bond acceptors (Lipinski definition) is 19. The van der Waals surface area contributed by atoms with Crippen LogP contribution in [-0.4, -0.2) is 177 Å². The van der Waals surface area contributed by atoms with Crippen molar-refractivity contribution in [3.63, 3.8) is 0 Å². The molecule has 0 radical (unpaired) electrons. The number of nitrogens with one attached hydrogen (secondary N) is 9. The molecule has 2 heterocycles. The van der Waals surface area contributed by atoms with Gasteiger partial charge in [0.1, 0.15) is 15.8 Å². The van der Waals surface area contributed by atoms with Gasteiger partial charge in [0.15, 0.2) is 0 Å². The van der Waals surface area contributed by atoms with E-state index in [-0.39, 0.29) is 85.9 Å². The van der Waals surface area contributed by atoms with Gasteiger partial charge in [-0.2, -0.15) is 33.2 Å². The van der Waals surface area contributed by atoms with Crippen LogP contribution >= 0.6 is 22.6 Å². The summed E-state index contributed by atoms with van der Waals surface area (Å²) in [6, 6.07) is 9.01. The number of carboxylic acid groups (broad SMARTS) is 5. The van der Waals surface area contributed by atoms with Gasteiger partial charge >= 0.3 is 66.4 Å². The van der Waals surface area contributed by atoms with Gasteiger partial charge in [-0.15, -0.1) is 0 Å². The maximum Gasteiger partial charge on any atom is 0.373 e. The molecule has 3 rings (SSSR count). The molecule has 33 nitrogen and oxygen atoms in total. The van der Waals surface area contributed by atoms with Crippen molar-refractivity contribution < 1.29 is 111 Å². The fourth-order valence-electron chi connectivity index (χ4n) is 6.68. The number of aliphatic carboxylic acids is 5. The normalized spacial score (nSPS) is 10.5. The van der Waals surface area contributed by atoms with Crippen LogP contribution in [0.3, 0.4) is 0 Å². The molecular weight excluding hydrogens is 1320 g/mol. The zero-order valence-corrected chi connectivity index (χ0v) is 51.8. The smallest absolute Gasteiger partial charge is 0.373 e. The van der Waals surface area contributed by atoms with E-state index in [1.807, 2.05) is 31.2 Å². The van der Waals surface area contributed by atoms with Gasteiger partial charge in [0.05, 0.1) is 11.1 Å². The number of hydrogen-bond donors (Lipinski definition) is 14. The second kappa shape index (κ2) is 55.2. The number of urea groups is 3. The lowest BCUT2D eigenvalue weighted by Crippen LogP contribution is -2.46. The standard InChI is InChI=1S/C19H29N3O4.C17H23FN4O6.C17H23IN4O6.3CO2/c1-14-6-9-16(10-7-14)18(25)20-12-4-3-5-13-21-19(26)22-15(2)8-11-17(23)24;2*18-13-6-4-11(10-21-13)15(25)19-8-2-1-3-9-20-17(28)22-12(16(26)27)5-7-14(23)24;3*2-1-3/h6-7,9-10,15H,3-5,8,11-13H2,1-2H3,(H,20,25)(H,23,24)(H2,21,22,26);2*4,6,10,12H,1-3,5,7-9H2,(H,19,25)(H,23,24)(H,26,27)(H2,20,22,28);;;. The Morgan fingerprint density at radius 1 is 0.440 bits per heavy atom. The zero-order chi connectivity index (χ0) is 69.4. The van der Waals surface area contributed by atoms with Crippen LogP contribution in [-0.2, 0) is 52.7 Å². The van der Waals surface area contributed by atoms with Gasteiger partial charge < -0.3 is 73.4 Å². The Bertz CT molecular complexity index is 2660. The number of halogens is 2. The fraction of sp³-hybridized carbons (Fsp3) is 0.464. The van der Waals surface area contributed by atoms with Gasteiger partial charge in [0.2, 0.25) is 5.95 Å². The van der Waals surface area contributed by atoms with E-state index in [4.69, 9.17) is 54.3 Å². The summed E-state index contributed by atoms with van der Waals surface area (Å²) in [6.07, 6.45) is 9.40. The highest BCUT2D eigenvalue weighted by molar-refractivity contribution is 14.1. The van der Waals surface area contributed by atoms with E-state index in [0.29, 0.717) is 82.5 Å². The van der Waals surface area contributed by atoms with Crippen molar-refractivity contribution in [3.05, 3.63) is 92.8 Å². The molecule has 0 saturated carbocycles. The number of benzene rings is 1. The summed E-state index contributed by atoms with van der Waals surface area (Å²) in [5, 5.41) is 66.9. The predicted molar refractivity (Wildman–Crippen MR) is 318 cm³/mol. The predicted octanol–water partition coefficient (Wildman–Crippen LogP) is 2.64. The molecule has 35 heteroatoms. The Hall–Kier alpha value is -10.1. The molecule has 3 aromatic rings. The summed E-state index contributed by atoms with van der Waals surface area (Å²) >= 11 is 2.06. The van der Waals surface area contributed by atoms with E-state index in [2.05, 4.69) is 80.4 Å². The molecule has 2 aromatic heterocycles. The van der Waals surface area contributed by atoms with Crippen molar-refractivity contribution >= 4 is 107 Å². The van der Waals surface area contributed by atoms with Gasteiger partial charge in [-0.1, -0.05) is 17.7 Å². The van der Waals surface area contributed by atoms with Crippen LogP contribution in [0.5, 0.6) is 0 Å². The van der Waals surface area contributed by atoms with E-state index in [1.54, 1.807) is 19.1 Å². The molecule has 0 bridgehead atoms. The summed E-state index contributed by atoms with van der Waals surface area (Å²) in [5.74, 6) is -7.00. The van der Waals surface area contributed by atoms with Gasteiger partial charge in [-0.3, -0.25) is 28.8 Å². The first kappa shape index (κ1) is 85.1. The lowest BCUT2D eigenvalue weighted by molar-refractivity contribution is -0.193. The van der Waals surface area contributed by atoms with Crippen molar-refractivity contribution in [1.82, 2.24) is 57.8 Å². The molecule has 0 aliphatic heterocycles. The first-order chi connectivity index (χ1) is 43.2. The minimum absolute atomic E-state index is 0.0375. The van der Waals surface area contributed by atoms with E-state index in [9.17, 15) is 57.1 Å². The molecular formula is C56H75FIN11O22. The molecule has 500 valence electrons. The summed E-state index contributed by atoms with van der Waals surface area (Å²) in [7, 11) is 0. The Balaban J connectivity index is -0.00000119. The van der Waals surface area contributed by atoms with Crippen molar-refractivity contribution in [2.24, 2.45) is 0 Å². The number of carbonyl (C=O) groups excluding carboxylic acids is 12. The number of rotatable bonds is 35. The number of aryl methyl sites for hydroxylation is 1. The molecule has 3 atom stereocenters. The second-order valence-corrected chi connectivity index (χ2v) is 19.6. The average Bonchev–Trinajstić information content (AvgIpc) is 3.54. The summed E-state index contributed by atoms with van der Waals surface area (Å²) in [5.41, 5.74) is 2.53. The summed E-state index contributed by atoms with van der Waals surface area (Å²) in [6.45, 7) is 6.44. The quantitative estimate of drug-likeness (QED) is 0.0229. The first-order valence-corrected chi connectivity index (χ1v) is 28.7. The number of pyridine rings is 2. The van der Waals surface area contributed by atoms with Crippen LogP contribution in [0.2, 0.25) is 0 Å². The molecule has 0 fully saturated rings. The number of amides is 9. The molecule has 91 heavy (non-hydrogen) atoms. The monoisotopic (exact) mass is 1400 g/mol. The number of nitrogens with zero attached hydrogens (tertiary/aromatic N) is 2. The molecule has 0 aliphatic carbocycles. The fourth-order valence-corrected chi connectivity index (χ4v) is 7.00. The maximum atomic E-state index is 12.7. The SMILES string of the molecule is Cc1ccc(C(=O)NCCCCCNC(=O)NC(C)CCC(=O)O)cc1.O=C(O)CCC(NC(=O)NCCCCCNC(=O)c1ccc(F)nc1)C(=O)O.O=C(O)CCC(NC(=O)NCCCCCNC(=O)c1ccc(I)nc1)C(=O)O.O=C=O.O=C=O.O=C=O. The first-order valence-electron chi connectivity index (χ1n) is 27.6. The van der Waals surface area contributed by atoms with E-state index in [0.717, 1.165) is 53.6 Å². The summed E-state index contributed by atoms with van der Waals surface area (Å²) in [4.78, 5) is 180. The Kier molecular flexibility index (Phi) is 51.6. The molecule has 9 amide bonds. The molecule has 0 spiro atoms. The lowest BCUT2D eigenvalue weighted by atomic mass is 10.1. The lowest BCUT2D eigenvalue weighted by Gasteiger charge is -2.14. The third-order valence-corrected chi connectivity index (χ3v) is 11.9. The van der Waals surface area contributed by atoms with Gasteiger partial charge in [-0.25, -0.2) is 33.9 Å². The minimum atomic E-state index is -1.30. The zero-order valence-electron chi connectivity index (χ0n) is 49.7. The largest absolute Gasteiger partial charge is 0.481 e. The van der Waals surface area contributed by atoms with Crippen molar-refractivity contribution in [3.8, 4) is 0 Å². The van der Waals surface area contributed by atoms with Crippen molar-refractivity contribution in [2.75, 3.05) is 39.3 Å². The third kappa shape index (κ3) is 51.6. The van der Waals surface area contributed by atoms with Crippen LogP contribution in [0.4, 0.5) is 18.8 Å². The highest BCUT2D eigenvalue weighted by Crippen LogP contribution is 2.06. The maximum absolute atomic E-state index is 12.7. The van der Waals surface area contributed by atoms with Crippen LogP contribution in [0.25, 0.3) is 0 Å². The summed E-state index contributed by atoms with van der Waals surface area (Å²) < 4.78 is 13.5. The second-order valence-electron chi connectivity index (χ2n) is 18.5. The molecule has 1 aromatic carbocycles. The number of unbranched alkanes of at least 4 members (excludes halogenated alkanes) is 6. The van der Waals surface area contributed by atoms with E-state index >= 15 is 0 Å². The Morgan fingerprint density at radius 2 is 0.747 bits per heavy atom. The topological polar surface area (TPSA) is 525 Å². The highest BCUT2D eigenvalue weighted by atomic mass is 127. The van der Waals surface area contributed by atoms with Crippen LogP contribution in [0.15, 0.2) is 60.9 Å². The van der Waals surface area contributed by atoms with Gasteiger partial charge in [0.25, 0.3) is 17.7 Å². The van der Waals surface area contributed by atoms with Crippen LogP contribution < -0.4 is 47.9 Å². The average molecular weight is 1400 g/mol. The molecule has 3 unspecified atom stereocenters. The van der Waals surface area contributed by atoms with Gasteiger partial charge in [0, 0.05) is 82.5 Å². The number of carboxylic acids is 5. The Morgan fingerprint density at radius 3 is 1.07 bits per heavy atom. The minimum Gasteiger partial charge on any atom is -0.481 e. The molecule has 0 aliphatic rings. The number of aromatic nitrogens is 2. The Labute approximate surface area is 534 Å². The van der Waals surface area contributed by atoms with Crippen LogP contribution in [0, 0.1) is 16.6 Å². The van der Waals surface area contributed by atoms with Gasteiger partial charge in [-0.05, 0) is 150 Å². The molecule has 14 N–H and O–H groups in total. The number of carbonyl (C=O) groups is 11. The van der Waals surface area contributed by atoms with Crippen molar-refractivity contribution in [2.45, 2.75) is 128 Å². The highest BCUT2D eigenvalue weighted by Gasteiger charge is 2.22. The van der Waals surface area contributed by atoms with E-state index in [1.165, 1.54) is 12.3 Å². The molecule has 0 saturated heterocycles. The van der Waals surface area contributed by atoms with Crippen molar-refractivity contribution in [1.29, 1.82) is 0 Å². The van der Waals surface area contributed by atoms with Crippen LogP contribution in [0.1, 0.15) is 140 Å². The van der Waals surface area contributed by atoms with E-state index < -0.39 is 59.9 Å². The third-order valence-electron chi connectivity index (χ3n) is 11.2.